The summed E-state index contributed by atoms with van der Waals surface area (Å²) in [4.78, 5) is 35.4. The second kappa shape index (κ2) is 6.77. The Morgan fingerprint density at radius 1 is 1.33 bits per heavy atom. The van der Waals surface area contributed by atoms with E-state index in [-0.39, 0.29) is 13.1 Å². The first-order valence-electron chi connectivity index (χ1n) is 7.42. The van der Waals surface area contributed by atoms with Crippen LogP contribution in [0.1, 0.15) is 26.3 Å². The molecule has 1 atom stereocenters. The molecule has 1 aliphatic heterocycles. The second-order valence-electron chi connectivity index (χ2n) is 6.34. The van der Waals surface area contributed by atoms with Gasteiger partial charge in [0.15, 0.2) is 0 Å². The largest absolute Gasteiger partial charge is 0.478 e. The summed E-state index contributed by atoms with van der Waals surface area (Å²) in [7, 11) is 0. The molecule has 2 amide bonds. The van der Waals surface area contributed by atoms with Gasteiger partial charge in [0, 0.05) is 12.2 Å². The topological polar surface area (TPSA) is 105 Å². The Kier molecular flexibility index (Phi) is 4.96. The van der Waals surface area contributed by atoms with Gasteiger partial charge in [0.1, 0.15) is 5.60 Å². The highest BCUT2D eigenvalue weighted by molar-refractivity contribution is 5.93. The molecule has 24 heavy (non-hydrogen) atoms. The van der Waals surface area contributed by atoms with E-state index in [0.717, 1.165) is 5.56 Å². The second-order valence-corrected chi connectivity index (χ2v) is 6.34. The molecule has 0 aromatic heterocycles. The zero-order valence-electron chi connectivity index (χ0n) is 13.7. The van der Waals surface area contributed by atoms with Crippen LogP contribution in [0.3, 0.4) is 0 Å². The molecule has 2 rings (SSSR count). The number of hydrogen-bond donors (Lipinski definition) is 2. The van der Waals surface area contributed by atoms with Crippen LogP contribution in [-0.2, 0) is 20.8 Å². The van der Waals surface area contributed by atoms with Gasteiger partial charge < -0.3 is 19.9 Å². The molecular weight excluding hydrogens is 316 g/mol. The third-order valence-corrected chi connectivity index (χ3v) is 3.17. The lowest BCUT2D eigenvalue weighted by Crippen LogP contribution is -2.32. The standard InChI is InChI=1S/C16H20N2O6/c1-16(2,3)24-14(21)17-8-10-4-6-11(7-5-10)18-9-12(13(19)20)23-15(18)22/h4-7,12H,8-9H2,1-3H3,(H,17,21)(H,19,20). The number of nitrogens with one attached hydrogen (secondary N) is 1. The maximum atomic E-state index is 11.7. The molecule has 1 unspecified atom stereocenters. The van der Waals surface area contributed by atoms with Crippen LogP contribution >= 0.6 is 0 Å². The molecule has 1 aliphatic rings. The van der Waals surface area contributed by atoms with Crippen LogP contribution < -0.4 is 10.2 Å². The number of carboxylic acid groups (broad SMARTS) is 1. The van der Waals surface area contributed by atoms with Crippen molar-refractivity contribution in [1.82, 2.24) is 5.32 Å². The van der Waals surface area contributed by atoms with Crippen molar-refractivity contribution < 1.29 is 29.0 Å². The van der Waals surface area contributed by atoms with Crippen molar-refractivity contribution in [2.45, 2.75) is 39.0 Å². The van der Waals surface area contributed by atoms with Gasteiger partial charge in [0.2, 0.25) is 6.10 Å². The summed E-state index contributed by atoms with van der Waals surface area (Å²) in [6.45, 7) is 5.57. The van der Waals surface area contributed by atoms with E-state index in [0.29, 0.717) is 5.69 Å². The van der Waals surface area contributed by atoms with Gasteiger partial charge in [-0.2, -0.15) is 0 Å². The first kappa shape index (κ1) is 17.6. The van der Waals surface area contributed by atoms with Crippen LogP contribution in [0.4, 0.5) is 15.3 Å². The minimum Gasteiger partial charge on any atom is -0.478 e. The van der Waals surface area contributed by atoms with E-state index in [4.69, 9.17) is 14.6 Å². The van der Waals surface area contributed by atoms with E-state index in [1.165, 1.54) is 4.90 Å². The summed E-state index contributed by atoms with van der Waals surface area (Å²) in [5, 5.41) is 11.5. The molecular formula is C16H20N2O6. The van der Waals surface area contributed by atoms with E-state index in [9.17, 15) is 14.4 Å². The van der Waals surface area contributed by atoms with Crippen LogP contribution in [0, 0.1) is 0 Å². The summed E-state index contributed by atoms with van der Waals surface area (Å²) >= 11 is 0. The molecule has 0 saturated carbocycles. The number of aliphatic carboxylic acids is 1. The fourth-order valence-corrected chi connectivity index (χ4v) is 2.08. The number of ether oxygens (including phenoxy) is 2. The number of carboxylic acids is 1. The summed E-state index contributed by atoms with van der Waals surface area (Å²) < 4.78 is 9.90. The Hall–Kier alpha value is -2.77. The number of cyclic esters (lactones) is 1. The normalized spacial score (nSPS) is 17.4. The van der Waals surface area contributed by atoms with Gasteiger partial charge in [-0.3, -0.25) is 4.90 Å². The van der Waals surface area contributed by atoms with Crippen molar-refractivity contribution in [3.63, 3.8) is 0 Å². The number of benzene rings is 1. The van der Waals surface area contributed by atoms with Gasteiger partial charge in [-0.1, -0.05) is 12.1 Å². The Balaban J connectivity index is 1.93. The molecule has 0 aliphatic carbocycles. The van der Waals surface area contributed by atoms with Gasteiger partial charge in [0.05, 0.1) is 6.54 Å². The van der Waals surface area contributed by atoms with Crippen molar-refractivity contribution in [3.8, 4) is 0 Å². The highest BCUT2D eigenvalue weighted by Gasteiger charge is 2.36. The third-order valence-electron chi connectivity index (χ3n) is 3.17. The Bertz CT molecular complexity index is 635. The lowest BCUT2D eigenvalue weighted by Gasteiger charge is -2.19. The quantitative estimate of drug-likeness (QED) is 0.872. The van der Waals surface area contributed by atoms with Crippen LogP contribution in [0.15, 0.2) is 24.3 Å². The number of nitrogens with zero attached hydrogens (tertiary/aromatic N) is 1. The van der Waals surface area contributed by atoms with Crippen LogP contribution in [0.25, 0.3) is 0 Å². The maximum absolute atomic E-state index is 11.7. The van der Waals surface area contributed by atoms with E-state index in [1.54, 1.807) is 45.0 Å². The van der Waals surface area contributed by atoms with Crippen molar-refractivity contribution >= 4 is 23.8 Å². The van der Waals surface area contributed by atoms with E-state index in [1.807, 2.05) is 0 Å². The molecule has 1 fully saturated rings. The van der Waals surface area contributed by atoms with Crippen molar-refractivity contribution in [1.29, 1.82) is 0 Å². The summed E-state index contributed by atoms with van der Waals surface area (Å²) in [6, 6.07) is 6.79. The van der Waals surface area contributed by atoms with Gasteiger partial charge >= 0.3 is 18.2 Å². The Morgan fingerprint density at radius 3 is 2.46 bits per heavy atom. The van der Waals surface area contributed by atoms with E-state index in [2.05, 4.69) is 5.32 Å². The summed E-state index contributed by atoms with van der Waals surface area (Å²) in [5.74, 6) is -1.18. The fourth-order valence-electron chi connectivity index (χ4n) is 2.08. The first-order valence-corrected chi connectivity index (χ1v) is 7.42. The van der Waals surface area contributed by atoms with Gasteiger partial charge in [-0.05, 0) is 38.5 Å². The predicted octanol–water partition coefficient (Wildman–Crippen LogP) is 2.12. The molecule has 0 bridgehead atoms. The lowest BCUT2D eigenvalue weighted by molar-refractivity contribution is -0.144. The molecule has 1 saturated heterocycles. The van der Waals surface area contributed by atoms with E-state index < -0.39 is 29.9 Å². The van der Waals surface area contributed by atoms with Crippen molar-refractivity contribution in [2.24, 2.45) is 0 Å². The first-order chi connectivity index (χ1) is 11.2. The lowest BCUT2D eigenvalue weighted by atomic mass is 10.2. The van der Waals surface area contributed by atoms with Crippen LogP contribution in [0.2, 0.25) is 0 Å². The number of anilines is 1. The molecule has 2 N–H and O–H groups in total. The highest BCUT2D eigenvalue weighted by Crippen LogP contribution is 2.22. The SMILES string of the molecule is CC(C)(C)OC(=O)NCc1ccc(N2CC(C(=O)O)OC2=O)cc1. The zero-order valence-corrected chi connectivity index (χ0v) is 13.7. The predicted molar refractivity (Wildman–Crippen MR) is 84.8 cm³/mol. The van der Waals surface area contributed by atoms with Gasteiger partial charge in [-0.25, -0.2) is 14.4 Å². The summed E-state index contributed by atoms with van der Waals surface area (Å²) in [6.07, 6.45) is -2.37. The minimum absolute atomic E-state index is 0.0380. The van der Waals surface area contributed by atoms with E-state index >= 15 is 0 Å². The van der Waals surface area contributed by atoms with Gasteiger partial charge in [-0.15, -0.1) is 0 Å². The average molecular weight is 336 g/mol. The average Bonchev–Trinajstić information content (AvgIpc) is 2.86. The molecule has 1 aromatic carbocycles. The maximum Gasteiger partial charge on any atom is 0.415 e. The molecule has 8 heteroatoms. The minimum atomic E-state index is -1.18. The number of hydrogen-bond acceptors (Lipinski definition) is 5. The monoisotopic (exact) mass is 336 g/mol. The van der Waals surface area contributed by atoms with Crippen LogP contribution in [-0.4, -0.2) is 41.5 Å². The molecule has 130 valence electrons. The Morgan fingerprint density at radius 2 is 1.96 bits per heavy atom. The molecule has 1 heterocycles. The third kappa shape index (κ3) is 4.61. The number of rotatable bonds is 4. The molecule has 1 aromatic rings. The molecule has 0 radical (unpaired) electrons. The van der Waals surface area contributed by atoms with Gasteiger partial charge in [0.25, 0.3) is 0 Å². The Labute approximate surface area is 139 Å². The van der Waals surface area contributed by atoms with Crippen LogP contribution in [0.5, 0.6) is 0 Å². The molecule has 8 nitrogen and oxygen atoms in total. The summed E-state index contributed by atoms with van der Waals surface area (Å²) in [5.41, 5.74) is 0.779. The highest BCUT2D eigenvalue weighted by atomic mass is 16.6. The molecule has 0 spiro atoms. The van der Waals surface area contributed by atoms with Crippen molar-refractivity contribution in [3.05, 3.63) is 29.8 Å². The van der Waals surface area contributed by atoms with Crippen molar-refractivity contribution in [2.75, 3.05) is 11.4 Å². The zero-order chi connectivity index (χ0) is 17.9. The number of carbonyl (C=O) groups is 3. The number of amides is 2. The number of carbonyl (C=O) groups excluding carboxylic acids is 2. The number of alkyl carbamates (subject to hydrolysis) is 1. The smallest absolute Gasteiger partial charge is 0.415 e. The fraction of sp³-hybridized carbons (Fsp3) is 0.438.